The molecule has 0 bridgehead atoms. The zero-order valence-electron chi connectivity index (χ0n) is 17.3. The highest BCUT2D eigenvalue weighted by molar-refractivity contribution is 5.75. The van der Waals surface area contributed by atoms with Gasteiger partial charge < -0.3 is 10.6 Å². The highest BCUT2D eigenvalue weighted by atomic mass is 16.2. The lowest BCUT2D eigenvalue weighted by atomic mass is 10.1. The molecule has 2 N–H and O–H groups in total. The Balaban J connectivity index is 1.76. The normalized spacial score (nSPS) is 16.7. The van der Waals surface area contributed by atoms with Gasteiger partial charge in [0, 0.05) is 49.9 Å². The molecule has 0 saturated heterocycles. The van der Waals surface area contributed by atoms with Crippen molar-refractivity contribution in [3.8, 4) is 0 Å². The molecule has 154 valence electrons. The maximum absolute atomic E-state index is 12.9. The molecule has 1 amide bonds. The lowest BCUT2D eigenvalue weighted by molar-refractivity contribution is -0.132. The van der Waals surface area contributed by atoms with Crippen molar-refractivity contribution in [1.29, 1.82) is 0 Å². The molecular weight excluding hydrogens is 358 g/mol. The van der Waals surface area contributed by atoms with E-state index in [0.29, 0.717) is 26.1 Å². The topological polar surface area (TPSA) is 104 Å². The van der Waals surface area contributed by atoms with Gasteiger partial charge in [0.25, 0.3) is 0 Å². The standard InChI is InChI=1S/C19H31N7O2/c1-5-23(11-16-13(3)21-25(6-2)14(16)4)18(27)12-26-19(28)24-10-9-15(20)7-8-17(24)22-26/h15H,5-12,20H2,1-4H3. The smallest absolute Gasteiger partial charge is 0.337 e. The van der Waals surface area contributed by atoms with E-state index < -0.39 is 0 Å². The number of hydrogen-bond acceptors (Lipinski definition) is 5. The number of nitrogens with two attached hydrogens (primary N) is 1. The molecule has 0 aliphatic carbocycles. The van der Waals surface area contributed by atoms with Crippen molar-refractivity contribution in [2.75, 3.05) is 6.54 Å². The van der Waals surface area contributed by atoms with Crippen LogP contribution in [-0.4, -0.2) is 47.5 Å². The minimum atomic E-state index is -0.223. The molecule has 1 unspecified atom stereocenters. The Bertz CT molecular complexity index is 908. The van der Waals surface area contributed by atoms with Crippen LogP contribution >= 0.6 is 0 Å². The number of amides is 1. The molecule has 9 nitrogen and oxygen atoms in total. The number of nitrogens with zero attached hydrogens (tertiary/aromatic N) is 6. The van der Waals surface area contributed by atoms with E-state index in [1.165, 1.54) is 4.68 Å². The van der Waals surface area contributed by atoms with Crippen LogP contribution < -0.4 is 11.4 Å². The molecule has 0 saturated carbocycles. The Morgan fingerprint density at radius 3 is 2.61 bits per heavy atom. The van der Waals surface area contributed by atoms with Gasteiger partial charge in [-0.25, -0.2) is 9.48 Å². The SMILES string of the molecule is CCN(Cc1c(C)nn(CC)c1C)C(=O)Cn1nc2n(c1=O)CCC(N)CC2. The molecule has 1 aliphatic rings. The van der Waals surface area contributed by atoms with Gasteiger partial charge in [-0.15, -0.1) is 0 Å². The number of carbonyl (C=O) groups excluding carboxylic acids is 1. The summed E-state index contributed by atoms with van der Waals surface area (Å²) in [6.45, 7) is 10.4. The molecule has 9 heteroatoms. The van der Waals surface area contributed by atoms with Gasteiger partial charge in [0.05, 0.1) is 5.69 Å². The molecule has 1 atom stereocenters. The number of likely N-dealkylation sites (N-methyl/N-ethyl adjacent to an activating group) is 1. The Hall–Kier alpha value is -2.42. The van der Waals surface area contributed by atoms with Crippen molar-refractivity contribution in [2.24, 2.45) is 5.73 Å². The van der Waals surface area contributed by atoms with Gasteiger partial charge in [0.15, 0.2) is 0 Å². The first-order chi connectivity index (χ1) is 13.3. The second-order valence-electron chi connectivity index (χ2n) is 7.47. The molecule has 3 rings (SSSR count). The third-order valence-corrected chi connectivity index (χ3v) is 5.66. The van der Waals surface area contributed by atoms with Crippen LogP contribution in [0, 0.1) is 13.8 Å². The number of carbonyl (C=O) groups is 1. The Morgan fingerprint density at radius 1 is 1.21 bits per heavy atom. The van der Waals surface area contributed by atoms with Crippen molar-refractivity contribution >= 4 is 5.91 Å². The fraction of sp³-hybridized carbons (Fsp3) is 0.684. The van der Waals surface area contributed by atoms with Gasteiger partial charge in [-0.2, -0.15) is 10.2 Å². The number of aryl methyl sites for hydroxylation is 3. The summed E-state index contributed by atoms with van der Waals surface area (Å²) < 4.78 is 4.91. The van der Waals surface area contributed by atoms with E-state index >= 15 is 0 Å². The lowest BCUT2D eigenvalue weighted by Gasteiger charge is -2.21. The van der Waals surface area contributed by atoms with Crippen molar-refractivity contribution in [3.63, 3.8) is 0 Å². The van der Waals surface area contributed by atoms with Crippen LogP contribution in [0.5, 0.6) is 0 Å². The largest absolute Gasteiger partial charge is 0.346 e. The molecule has 0 aromatic carbocycles. The summed E-state index contributed by atoms with van der Waals surface area (Å²) in [6, 6.07) is 0.0993. The van der Waals surface area contributed by atoms with E-state index in [9.17, 15) is 9.59 Å². The maximum atomic E-state index is 12.9. The molecule has 1 aliphatic heterocycles. The van der Waals surface area contributed by atoms with Crippen molar-refractivity contribution in [3.05, 3.63) is 33.3 Å². The van der Waals surface area contributed by atoms with E-state index in [2.05, 4.69) is 10.2 Å². The van der Waals surface area contributed by atoms with Crippen molar-refractivity contribution in [2.45, 2.75) is 79.2 Å². The molecule has 0 spiro atoms. The Morgan fingerprint density at radius 2 is 1.96 bits per heavy atom. The van der Waals surface area contributed by atoms with Crippen LogP contribution in [0.4, 0.5) is 0 Å². The van der Waals surface area contributed by atoms with Crippen LogP contribution in [0.25, 0.3) is 0 Å². The van der Waals surface area contributed by atoms with Gasteiger partial charge in [0.2, 0.25) is 5.91 Å². The maximum Gasteiger partial charge on any atom is 0.346 e. The predicted octanol–water partition coefficient (Wildman–Crippen LogP) is 0.590. The summed E-state index contributed by atoms with van der Waals surface area (Å²) >= 11 is 0. The molecule has 2 aromatic rings. The average molecular weight is 390 g/mol. The first kappa shape index (κ1) is 20.3. The van der Waals surface area contributed by atoms with E-state index in [1.807, 2.05) is 32.4 Å². The number of aromatic nitrogens is 5. The molecule has 28 heavy (non-hydrogen) atoms. The molecule has 3 heterocycles. The van der Waals surface area contributed by atoms with Crippen LogP contribution in [0.1, 0.15) is 49.5 Å². The fourth-order valence-electron chi connectivity index (χ4n) is 3.82. The van der Waals surface area contributed by atoms with Gasteiger partial charge >= 0.3 is 5.69 Å². The minimum absolute atomic E-state index is 0.0429. The van der Waals surface area contributed by atoms with Crippen molar-refractivity contribution in [1.82, 2.24) is 29.0 Å². The van der Waals surface area contributed by atoms with Crippen molar-refractivity contribution < 1.29 is 4.79 Å². The van der Waals surface area contributed by atoms with Crippen LogP contribution in [0.3, 0.4) is 0 Å². The first-order valence-electron chi connectivity index (χ1n) is 10.1. The zero-order chi connectivity index (χ0) is 20.4. The second-order valence-corrected chi connectivity index (χ2v) is 7.47. The minimum Gasteiger partial charge on any atom is -0.337 e. The summed E-state index contributed by atoms with van der Waals surface area (Å²) in [5, 5.41) is 8.94. The van der Waals surface area contributed by atoms with E-state index in [1.54, 1.807) is 9.47 Å². The Kier molecular flexibility index (Phi) is 6.02. The van der Waals surface area contributed by atoms with Gasteiger partial charge in [0.1, 0.15) is 12.4 Å². The number of hydrogen-bond donors (Lipinski definition) is 1. The molecular formula is C19H31N7O2. The number of rotatable bonds is 6. The predicted molar refractivity (Wildman–Crippen MR) is 106 cm³/mol. The summed E-state index contributed by atoms with van der Waals surface area (Å²) in [6.07, 6.45) is 2.24. The monoisotopic (exact) mass is 389 g/mol. The Labute approximate surface area is 165 Å². The van der Waals surface area contributed by atoms with Crippen LogP contribution in [-0.2, 0) is 37.4 Å². The average Bonchev–Trinajstić information content (AvgIpc) is 3.03. The second kappa shape index (κ2) is 8.30. The number of fused-ring (bicyclic) bond motifs is 1. The molecule has 2 aromatic heterocycles. The first-order valence-corrected chi connectivity index (χ1v) is 10.1. The highest BCUT2D eigenvalue weighted by Crippen LogP contribution is 2.16. The van der Waals surface area contributed by atoms with E-state index in [4.69, 9.17) is 5.73 Å². The fourth-order valence-corrected chi connectivity index (χ4v) is 3.82. The third-order valence-electron chi connectivity index (χ3n) is 5.66. The summed E-state index contributed by atoms with van der Waals surface area (Å²) in [4.78, 5) is 27.3. The van der Waals surface area contributed by atoms with Gasteiger partial charge in [-0.1, -0.05) is 0 Å². The molecule has 0 radical (unpaired) electrons. The van der Waals surface area contributed by atoms with Crippen LogP contribution in [0.15, 0.2) is 4.79 Å². The third kappa shape index (κ3) is 3.89. The highest BCUT2D eigenvalue weighted by Gasteiger charge is 2.23. The van der Waals surface area contributed by atoms with E-state index in [0.717, 1.165) is 42.2 Å². The van der Waals surface area contributed by atoms with Crippen LogP contribution in [0.2, 0.25) is 0 Å². The summed E-state index contributed by atoms with van der Waals surface area (Å²) in [7, 11) is 0. The molecule has 0 fully saturated rings. The van der Waals surface area contributed by atoms with Gasteiger partial charge in [-0.05, 0) is 40.5 Å². The zero-order valence-corrected chi connectivity index (χ0v) is 17.3. The van der Waals surface area contributed by atoms with E-state index in [-0.39, 0.29) is 24.2 Å². The van der Waals surface area contributed by atoms with Gasteiger partial charge in [-0.3, -0.25) is 14.0 Å². The summed E-state index contributed by atoms with van der Waals surface area (Å²) in [5.74, 6) is 0.613. The summed E-state index contributed by atoms with van der Waals surface area (Å²) in [5.41, 5.74) is 8.85. The quantitative estimate of drug-likeness (QED) is 0.779. The lowest BCUT2D eigenvalue weighted by Crippen LogP contribution is -2.37.